The summed E-state index contributed by atoms with van der Waals surface area (Å²) < 4.78 is 26.8. The van der Waals surface area contributed by atoms with Crippen LogP contribution >= 0.6 is 0 Å². The Morgan fingerprint density at radius 3 is 2.21 bits per heavy atom. The van der Waals surface area contributed by atoms with Crippen molar-refractivity contribution in [2.24, 2.45) is 4.99 Å². The molecule has 120 valence electrons. The Hall–Kier alpha value is -3.06. The molecule has 0 saturated carbocycles. The van der Waals surface area contributed by atoms with Crippen LogP contribution in [0, 0.1) is 0 Å². The minimum absolute atomic E-state index is 0.0312. The zero-order chi connectivity index (χ0) is 16.8. The zero-order valence-electron chi connectivity index (χ0n) is 12.6. The summed E-state index contributed by atoms with van der Waals surface area (Å²) in [4.78, 5) is 12.1. The highest BCUT2D eigenvalue weighted by Gasteiger charge is 2.14. The Labute approximate surface area is 140 Å². The van der Waals surface area contributed by atoms with Gasteiger partial charge in [0.15, 0.2) is 0 Å². The summed E-state index contributed by atoms with van der Waals surface area (Å²) >= 11 is 0. The quantitative estimate of drug-likeness (QED) is 0.725. The smallest absolute Gasteiger partial charge is 0.256 e. The van der Waals surface area contributed by atoms with Gasteiger partial charge in [-0.05, 0) is 35.9 Å². The maximum absolute atomic E-state index is 12.3. The molecule has 0 unspecified atom stereocenters. The summed E-state index contributed by atoms with van der Waals surface area (Å²) in [5.74, 6) is 0.0312. The van der Waals surface area contributed by atoms with Crippen molar-refractivity contribution < 1.29 is 8.42 Å². The van der Waals surface area contributed by atoms with Crippen LogP contribution in [0.15, 0.2) is 82.9 Å². The topological polar surface area (TPSA) is 84.3 Å². The largest absolute Gasteiger partial charge is 0.264 e. The van der Waals surface area contributed by atoms with E-state index in [0.717, 1.165) is 5.56 Å². The molecule has 0 atom stereocenters. The van der Waals surface area contributed by atoms with E-state index < -0.39 is 10.0 Å². The van der Waals surface area contributed by atoms with Crippen molar-refractivity contribution in [1.29, 1.82) is 0 Å². The number of hydrogen-bond donors (Lipinski definition) is 1. The second-order valence-electron chi connectivity index (χ2n) is 4.84. The average molecular weight is 338 g/mol. The van der Waals surface area contributed by atoms with Gasteiger partial charge in [0.25, 0.3) is 10.0 Å². The number of aromatic nitrogens is 2. The molecule has 3 aromatic rings. The molecule has 0 spiro atoms. The first-order chi connectivity index (χ1) is 11.6. The third-order valence-electron chi connectivity index (χ3n) is 3.10. The van der Waals surface area contributed by atoms with Crippen LogP contribution in [0.1, 0.15) is 5.56 Å². The van der Waals surface area contributed by atoms with E-state index in [2.05, 4.69) is 19.7 Å². The molecule has 3 rings (SSSR count). The first-order valence-corrected chi connectivity index (χ1v) is 8.61. The van der Waals surface area contributed by atoms with Gasteiger partial charge in [-0.25, -0.2) is 23.1 Å². The highest BCUT2D eigenvalue weighted by Crippen LogP contribution is 2.18. The van der Waals surface area contributed by atoms with Gasteiger partial charge in [-0.2, -0.15) is 0 Å². The van der Waals surface area contributed by atoms with Crippen molar-refractivity contribution in [3.05, 3.63) is 78.6 Å². The maximum Gasteiger partial charge on any atom is 0.264 e. The fraction of sp³-hybridized carbons (Fsp3) is 0. The number of hydrogen-bond acceptors (Lipinski definition) is 5. The van der Waals surface area contributed by atoms with Gasteiger partial charge in [-0.3, -0.25) is 4.99 Å². The molecule has 0 radical (unpaired) electrons. The van der Waals surface area contributed by atoms with Crippen molar-refractivity contribution in [1.82, 2.24) is 9.97 Å². The maximum atomic E-state index is 12.3. The molecule has 7 heteroatoms. The lowest BCUT2D eigenvalue weighted by Gasteiger charge is -2.06. The van der Waals surface area contributed by atoms with Crippen molar-refractivity contribution in [2.75, 3.05) is 4.72 Å². The molecule has 0 aliphatic carbocycles. The van der Waals surface area contributed by atoms with E-state index in [9.17, 15) is 8.42 Å². The van der Waals surface area contributed by atoms with Crippen LogP contribution in [0.25, 0.3) is 0 Å². The molecule has 1 heterocycles. The molecule has 1 aromatic heterocycles. The first kappa shape index (κ1) is 15.8. The highest BCUT2D eigenvalue weighted by molar-refractivity contribution is 7.92. The summed E-state index contributed by atoms with van der Waals surface area (Å²) in [5, 5.41) is 0. The number of benzene rings is 2. The second kappa shape index (κ2) is 7.01. The van der Waals surface area contributed by atoms with Crippen LogP contribution < -0.4 is 4.72 Å². The molecule has 0 aliphatic rings. The lowest BCUT2D eigenvalue weighted by atomic mass is 10.2. The molecule has 2 aromatic carbocycles. The fourth-order valence-corrected chi connectivity index (χ4v) is 2.89. The van der Waals surface area contributed by atoms with E-state index in [0.29, 0.717) is 5.69 Å². The van der Waals surface area contributed by atoms with Crippen molar-refractivity contribution >= 4 is 27.9 Å². The minimum atomic E-state index is -3.72. The molecule has 6 nitrogen and oxygen atoms in total. The third-order valence-corrected chi connectivity index (χ3v) is 4.44. The SMILES string of the molecule is O=S(=O)(Nc1ncccn1)c1ccc(N=Cc2ccccc2)cc1. The number of sulfonamides is 1. The zero-order valence-corrected chi connectivity index (χ0v) is 13.4. The molecular weight excluding hydrogens is 324 g/mol. The van der Waals surface area contributed by atoms with Gasteiger partial charge in [0, 0.05) is 18.6 Å². The summed E-state index contributed by atoms with van der Waals surface area (Å²) in [7, 11) is -3.72. The van der Waals surface area contributed by atoms with Gasteiger partial charge in [0.2, 0.25) is 5.95 Å². The molecule has 0 amide bonds. The standard InChI is InChI=1S/C17H14N4O2S/c22-24(23,21-17-18-11-4-12-19-17)16-9-7-15(8-10-16)20-13-14-5-2-1-3-6-14/h1-13H,(H,18,19,21). The fourth-order valence-electron chi connectivity index (χ4n) is 1.93. The van der Waals surface area contributed by atoms with Crippen LogP contribution in [0.5, 0.6) is 0 Å². The van der Waals surface area contributed by atoms with E-state index in [1.807, 2.05) is 30.3 Å². The van der Waals surface area contributed by atoms with E-state index in [1.54, 1.807) is 24.4 Å². The van der Waals surface area contributed by atoms with Crippen LogP contribution in [-0.4, -0.2) is 24.6 Å². The summed E-state index contributed by atoms with van der Waals surface area (Å²) in [6.07, 6.45) is 4.65. The van der Waals surface area contributed by atoms with Crippen molar-refractivity contribution in [3.8, 4) is 0 Å². The number of nitrogens with one attached hydrogen (secondary N) is 1. The van der Waals surface area contributed by atoms with E-state index >= 15 is 0 Å². The second-order valence-corrected chi connectivity index (χ2v) is 6.52. The molecule has 24 heavy (non-hydrogen) atoms. The lowest BCUT2D eigenvalue weighted by Crippen LogP contribution is -2.14. The third kappa shape index (κ3) is 4.02. The molecular formula is C17H14N4O2S. The Kier molecular flexibility index (Phi) is 4.62. The normalized spacial score (nSPS) is 11.5. The predicted molar refractivity (Wildman–Crippen MR) is 93.0 cm³/mol. The van der Waals surface area contributed by atoms with E-state index in [4.69, 9.17) is 0 Å². The van der Waals surface area contributed by atoms with Crippen LogP contribution in [0.3, 0.4) is 0 Å². The van der Waals surface area contributed by atoms with Gasteiger partial charge in [-0.1, -0.05) is 30.3 Å². The Bertz CT molecular complexity index is 925. The minimum Gasteiger partial charge on any atom is -0.256 e. The number of nitrogens with zero attached hydrogens (tertiary/aromatic N) is 3. The number of rotatable bonds is 5. The average Bonchev–Trinajstić information content (AvgIpc) is 2.62. The van der Waals surface area contributed by atoms with E-state index in [-0.39, 0.29) is 10.8 Å². The molecule has 1 N–H and O–H groups in total. The van der Waals surface area contributed by atoms with Crippen LogP contribution in [0.4, 0.5) is 11.6 Å². The molecule has 0 aliphatic heterocycles. The number of anilines is 1. The Morgan fingerprint density at radius 2 is 1.54 bits per heavy atom. The van der Waals surface area contributed by atoms with Gasteiger partial charge in [0.05, 0.1) is 10.6 Å². The number of aliphatic imine (C=N–C) groups is 1. The molecule has 0 fully saturated rings. The lowest BCUT2D eigenvalue weighted by molar-refractivity contribution is 0.601. The monoisotopic (exact) mass is 338 g/mol. The Balaban J connectivity index is 1.75. The molecule has 0 bridgehead atoms. The summed E-state index contributed by atoms with van der Waals surface area (Å²) in [6.45, 7) is 0. The van der Waals surface area contributed by atoms with E-state index in [1.165, 1.54) is 24.5 Å². The summed E-state index contributed by atoms with van der Waals surface area (Å²) in [5.41, 5.74) is 1.63. The Morgan fingerprint density at radius 1 is 0.875 bits per heavy atom. The van der Waals surface area contributed by atoms with Crippen molar-refractivity contribution in [3.63, 3.8) is 0 Å². The van der Waals surface area contributed by atoms with Gasteiger partial charge in [-0.15, -0.1) is 0 Å². The first-order valence-electron chi connectivity index (χ1n) is 7.12. The van der Waals surface area contributed by atoms with Gasteiger partial charge in [0.1, 0.15) is 0 Å². The van der Waals surface area contributed by atoms with Crippen LogP contribution in [0.2, 0.25) is 0 Å². The van der Waals surface area contributed by atoms with Gasteiger partial charge >= 0.3 is 0 Å². The highest BCUT2D eigenvalue weighted by atomic mass is 32.2. The van der Waals surface area contributed by atoms with Gasteiger partial charge < -0.3 is 0 Å². The molecule has 0 saturated heterocycles. The van der Waals surface area contributed by atoms with Crippen LogP contribution in [-0.2, 0) is 10.0 Å². The summed E-state index contributed by atoms with van der Waals surface area (Å²) in [6, 6.07) is 17.5. The predicted octanol–water partition coefficient (Wildman–Crippen LogP) is 3.03. The van der Waals surface area contributed by atoms with Crippen molar-refractivity contribution in [2.45, 2.75) is 4.90 Å².